The smallest absolute Gasteiger partial charge is 0.0890 e. The third-order valence-electron chi connectivity index (χ3n) is 3.96. The molecule has 3 heteroatoms. The van der Waals surface area contributed by atoms with Crippen LogP contribution in [-0.2, 0) is 6.54 Å². The second kappa shape index (κ2) is 5.02. The van der Waals surface area contributed by atoms with Crippen LogP contribution in [0.25, 0.3) is 11.0 Å². The molecule has 1 aliphatic rings. The van der Waals surface area contributed by atoms with Crippen molar-refractivity contribution >= 4 is 11.0 Å². The van der Waals surface area contributed by atoms with Gasteiger partial charge < -0.3 is 5.32 Å². The Morgan fingerprint density at radius 2 is 2.06 bits per heavy atom. The maximum Gasteiger partial charge on any atom is 0.0890 e. The van der Waals surface area contributed by atoms with E-state index in [4.69, 9.17) is 0 Å². The van der Waals surface area contributed by atoms with E-state index < -0.39 is 0 Å². The van der Waals surface area contributed by atoms with Gasteiger partial charge in [0.2, 0.25) is 0 Å². The Labute approximate surface area is 108 Å². The zero-order chi connectivity index (χ0) is 12.4. The minimum Gasteiger partial charge on any atom is -0.308 e. The summed E-state index contributed by atoms with van der Waals surface area (Å²) in [6, 6.07) is 8.60. The first-order valence-corrected chi connectivity index (χ1v) is 6.77. The van der Waals surface area contributed by atoms with Crippen LogP contribution in [0, 0.1) is 5.92 Å². The van der Waals surface area contributed by atoms with Crippen LogP contribution in [0.4, 0.5) is 0 Å². The van der Waals surface area contributed by atoms with Crippen molar-refractivity contribution in [1.82, 2.24) is 15.3 Å². The molecule has 1 atom stereocenters. The van der Waals surface area contributed by atoms with E-state index in [2.05, 4.69) is 22.2 Å². The van der Waals surface area contributed by atoms with Gasteiger partial charge in [0.25, 0.3) is 0 Å². The number of hydrogen-bond acceptors (Lipinski definition) is 3. The molecule has 1 unspecified atom stereocenters. The van der Waals surface area contributed by atoms with Crippen LogP contribution in [0.1, 0.15) is 31.9 Å². The second-order valence-electron chi connectivity index (χ2n) is 5.21. The van der Waals surface area contributed by atoms with Gasteiger partial charge in [0.1, 0.15) is 0 Å². The minimum atomic E-state index is 0.590. The van der Waals surface area contributed by atoms with Crippen molar-refractivity contribution in [3.63, 3.8) is 0 Å². The van der Waals surface area contributed by atoms with E-state index in [0.717, 1.165) is 29.2 Å². The molecule has 1 saturated carbocycles. The molecule has 1 N–H and O–H groups in total. The molecule has 0 aliphatic heterocycles. The first kappa shape index (κ1) is 11.6. The lowest BCUT2D eigenvalue weighted by molar-refractivity contribution is 0.239. The molecular formula is C15H19N3. The molecule has 1 aromatic heterocycles. The predicted molar refractivity (Wildman–Crippen MR) is 73.2 cm³/mol. The zero-order valence-corrected chi connectivity index (χ0v) is 10.8. The van der Waals surface area contributed by atoms with Gasteiger partial charge in [-0.25, -0.2) is 4.98 Å². The molecule has 18 heavy (non-hydrogen) atoms. The van der Waals surface area contributed by atoms with Gasteiger partial charge in [-0.1, -0.05) is 18.6 Å². The molecule has 3 nitrogen and oxygen atoms in total. The summed E-state index contributed by atoms with van der Waals surface area (Å²) in [6.45, 7) is 3.09. The van der Waals surface area contributed by atoms with Crippen molar-refractivity contribution in [1.29, 1.82) is 0 Å². The SMILES string of the molecule is CC(NCc1cnc2ccccc2n1)C1CCC1. The Morgan fingerprint density at radius 3 is 2.78 bits per heavy atom. The molecule has 0 amide bonds. The average molecular weight is 241 g/mol. The Hall–Kier alpha value is -1.48. The van der Waals surface area contributed by atoms with E-state index in [-0.39, 0.29) is 0 Å². The molecule has 1 heterocycles. The van der Waals surface area contributed by atoms with E-state index in [1.165, 1.54) is 19.3 Å². The lowest BCUT2D eigenvalue weighted by Gasteiger charge is -2.31. The molecule has 1 aromatic carbocycles. The van der Waals surface area contributed by atoms with Crippen molar-refractivity contribution < 1.29 is 0 Å². The van der Waals surface area contributed by atoms with Gasteiger partial charge in [0, 0.05) is 12.6 Å². The number of fused-ring (bicyclic) bond motifs is 1. The summed E-state index contributed by atoms with van der Waals surface area (Å²) in [5.41, 5.74) is 2.97. The molecule has 0 spiro atoms. The highest BCUT2D eigenvalue weighted by molar-refractivity contribution is 5.73. The summed E-state index contributed by atoms with van der Waals surface area (Å²) in [5.74, 6) is 0.860. The van der Waals surface area contributed by atoms with Crippen LogP contribution in [0.15, 0.2) is 30.5 Å². The summed E-state index contributed by atoms with van der Waals surface area (Å²) in [7, 11) is 0. The lowest BCUT2D eigenvalue weighted by atomic mass is 9.80. The van der Waals surface area contributed by atoms with E-state index in [9.17, 15) is 0 Å². The van der Waals surface area contributed by atoms with Gasteiger partial charge in [-0.15, -0.1) is 0 Å². The van der Waals surface area contributed by atoms with Crippen molar-refractivity contribution in [2.24, 2.45) is 5.92 Å². The standard InChI is InChI=1S/C15H19N3/c1-11(12-5-4-6-12)16-9-13-10-17-14-7-2-3-8-15(14)18-13/h2-3,7-8,10-12,16H,4-6,9H2,1H3. The third-order valence-corrected chi connectivity index (χ3v) is 3.96. The normalized spacial score (nSPS) is 17.6. The zero-order valence-electron chi connectivity index (χ0n) is 10.8. The van der Waals surface area contributed by atoms with Crippen LogP contribution in [0.5, 0.6) is 0 Å². The Kier molecular flexibility index (Phi) is 3.24. The number of para-hydroxylation sites is 2. The van der Waals surface area contributed by atoms with Crippen molar-refractivity contribution in [3.05, 3.63) is 36.2 Å². The number of nitrogens with zero attached hydrogens (tertiary/aromatic N) is 2. The van der Waals surface area contributed by atoms with Crippen molar-refractivity contribution in [3.8, 4) is 0 Å². The molecule has 3 rings (SSSR count). The van der Waals surface area contributed by atoms with Gasteiger partial charge in [-0.05, 0) is 37.8 Å². The summed E-state index contributed by atoms with van der Waals surface area (Å²) in [4.78, 5) is 9.06. The number of hydrogen-bond donors (Lipinski definition) is 1. The van der Waals surface area contributed by atoms with Gasteiger partial charge in [-0.3, -0.25) is 4.98 Å². The van der Waals surface area contributed by atoms with E-state index >= 15 is 0 Å². The average Bonchev–Trinajstić information content (AvgIpc) is 2.34. The van der Waals surface area contributed by atoms with Gasteiger partial charge in [0.15, 0.2) is 0 Å². The fourth-order valence-electron chi connectivity index (χ4n) is 2.45. The van der Waals surface area contributed by atoms with Crippen molar-refractivity contribution in [2.45, 2.75) is 38.8 Å². The summed E-state index contributed by atoms with van der Waals surface area (Å²) >= 11 is 0. The highest BCUT2D eigenvalue weighted by Crippen LogP contribution is 2.29. The van der Waals surface area contributed by atoms with Crippen LogP contribution >= 0.6 is 0 Å². The van der Waals surface area contributed by atoms with Crippen LogP contribution < -0.4 is 5.32 Å². The monoisotopic (exact) mass is 241 g/mol. The third kappa shape index (κ3) is 2.36. The fraction of sp³-hybridized carbons (Fsp3) is 0.467. The molecular weight excluding hydrogens is 222 g/mol. The Balaban J connectivity index is 1.66. The Morgan fingerprint density at radius 1 is 1.28 bits per heavy atom. The first-order chi connectivity index (χ1) is 8.83. The molecule has 2 aromatic rings. The number of nitrogens with one attached hydrogen (secondary N) is 1. The molecule has 1 fully saturated rings. The van der Waals surface area contributed by atoms with E-state index in [0.29, 0.717) is 6.04 Å². The highest BCUT2D eigenvalue weighted by Gasteiger charge is 2.23. The summed E-state index contributed by atoms with van der Waals surface area (Å²) < 4.78 is 0. The van der Waals surface area contributed by atoms with Crippen LogP contribution in [0.3, 0.4) is 0 Å². The van der Waals surface area contributed by atoms with Gasteiger partial charge in [-0.2, -0.15) is 0 Å². The lowest BCUT2D eigenvalue weighted by Crippen LogP contribution is -2.36. The van der Waals surface area contributed by atoms with Crippen molar-refractivity contribution in [2.75, 3.05) is 0 Å². The maximum atomic E-state index is 4.63. The molecule has 94 valence electrons. The molecule has 0 radical (unpaired) electrons. The molecule has 0 bridgehead atoms. The van der Waals surface area contributed by atoms with E-state index in [1.54, 1.807) is 0 Å². The number of aromatic nitrogens is 2. The van der Waals surface area contributed by atoms with Gasteiger partial charge in [0.05, 0.1) is 22.9 Å². The maximum absolute atomic E-state index is 4.63. The van der Waals surface area contributed by atoms with E-state index in [1.807, 2.05) is 30.5 Å². The summed E-state index contributed by atoms with van der Waals surface area (Å²) in [5, 5.41) is 3.56. The molecule has 1 aliphatic carbocycles. The largest absolute Gasteiger partial charge is 0.308 e. The number of benzene rings is 1. The summed E-state index contributed by atoms with van der Waals surface area (Å²) in [6.07, 6.45) is 6.02. The number of rotatable bonds is 4. The molecule has 0 saturated heterocycles. The quantitative estimate of drug-likeness (QED) is 0.894. The second-order valence-corrected chi connectivity index (χ2v) is 5.21. The minimum absolute atomic E-state index is 0.590. The first-order valence-electron chi connectivity index (χ1n) is 6.77. The topological polar surface area (TPSA) is 37.8 Å². The highest BCUT2D eigenvalue weighted by atomic mass is 14.9. The van der Waals surface area contributed by atoms with Crippen LogP contribution in [0.2, 0.25) is 0 Å². The fourth-order valence-corrected chi connectivity index (χ4v) is 2.45. The van der Waals surface area contributed by atoms with Crippen LogP contribution in [-0.4, -0.2) is 16.0 Å². The van der Waals surface area contributed by atoms with Gasteiger partial charge >= 0.3 is 0 Å². The Bertz CT molecular complexity index is 534. The predicted octanol–water partition coefficient (Wildman–Crippen LogP) is 2.91.